The minimum atomic E-state index is -1.07. The maximum Gasteiger partial charge on any atom is 0.412 e. The summed E-state index contributed by atoms with van der Waals surface area (Å²) in [6.45, 7) is 4.85. The van der Waals surface area contributed by atoms with E-state index in [9.17, 15) is 19.2 Å². The smallest absolute Gasteiger partial charge is 0.412 e. The molecule has 2 aromatic rings. The second-order valence-electron chi connectivity index (χ2n) is 16.4. The van der Waals surface area contributed by atoms with E-state index in [1.165, 1.54) is 26.4 Å². The Morgan fingerprint density at radius 2 is 1.43 bits per heavy atom. The fourth-order valence-electron chi connectivity index (χ4n) is 10.2. The van der Waals surface area contributed by atoms with Crippen molar-refractivity contribution in [1.82, 2.24) is 16.0 Å². The van der Waals surface area contributed by atoms with Crippen molar-refractivity contribution in [3.05, 3.63) is 47.5 Å². The molecule has 0 aromatic heterocycles. The predicted molar refractivity (Wildman–Crippen MR) is 198 cm³/mol. The summed E-state index contributed by atoms with van der Waals surface area (Å²) in [7, 11) is 4.62. The van der Waals surface area contributed by atoms with Crippen molar-refractivity contribution < 1.29 is 47.6 Å². The van der Waals surface area contributed by atoms with Gasteiger partial charge in [0.1, 0.15) is 12.6 Å². The van der Waals surface area contributed by atoms with Gasteiger partial charge in [-0.25, -0.2) is 9.59 Å². The average molecular weight is 751 g/mol. The van der Waals surface area contributed by atoms with Gasteiger partial charge >= 0.3 is 18.2 Å². The lowest BCUT2D eigenvalue weighted by Crippen LogP contribution is -2.65. The molecule has 14 heteroatoms. The van der Waals surface area contributed by atoms with E-state index in [-0.39, 0.29) is 59.6 Å². The van der Waals surface area contributed by atoms with Gasteiger partial charge < -0.3 is 50.1 Å². The highest BCUT2D eigenvalue weighted by Gasteiger charge is 2.60. The van der Waals surface area contributed by atoms with Crippen molar-refractivity contribution in [3.8, 4) is 23.0 Å². The Kier molecular flexibility index (Phi) is 11.5. The molecule has 14 nitrogen and oxygen atoms in total. The number of alkyl carbamates (subject to hydrolysis) is 1. The lowest BCUT2D eigenvalue weighted by atomic mass is 9.43. The maximum atomic E-state index is 12.8. The zero-order valence-corrected chi connectivity index (χ0v) is 31.9. The molecule has 54 heavy (non-hydrogen) atoms. The van der Waals surface area contributed by atoms with Crippen LogP contribution in [0.25, 0.3) is 0 Å². The van der Waals surface area contributed by atoms with Crippen LogP contribution < -0.4 is 40.6 Å². The molecular weight excluding hydrogens is 696 g/mol. The highest BCUT2D eigenvalue weighted by atomic mass is 16.6. The van der Waals surface area contributed by atoms with Crippen LogP contribution >= 0.6 is 0 Å². The first-order valence-corrected chi connectivity index (χ1v) is 18.7. The van der Waals surface area contributed by atoms with Crippen molar-refractivity contribution in [2.24, 2.45) is 34.3 Å². The third-order valence-electron chi connectivity index (χ3n) is 11.6. The van der Waals surface area contributed by atoms with Gasteiger partial charge in [-0.1, -0.05) is 26.0 Å². The molecular formula is C40H54N4O10. The van der Waals surface area contributed by atoms with E-state index < -0.39 is 24.1 Å². The van der Waals surface area contributed by atoms with Crippen LogP contribution in [-0.2, 0) is 31.9 Å². The molecule has 4 saturated carbocycles. The number of methoxy groups -OCH3 is 3. The third kappa shape index (κ3) is 8.97. The number of cyclic esters (lactones) is 1. The number of ether oxygens (including phenoxy) is 6. The summed E-state index contributed by atoms with van der Waals surface area (Å²) in [6.07, 6.45) is 6.23. The first-order valence-electron chi connectivity index (χ1n) is 18.7. The number of carbonyl (C=O) groups is 4. The fourth-order valence-corrected chi connectivity index (χ4v) is 10.2. The number of benzene rings is 2. The maximum absolute atomic E-state index is 12.8. The largest absolute Gasteiger partial charge is 0.493 e. The fraction of sp³-hybridized carbons (Fsp3) is 0.600. The molecule has 1 aliphatic heterocycles. The van der Waals surface area contributed by atoms with Crippen LogP contribution in [0.15, 0.2) is 36.4 Å². The Labute approximate surface area is 316 Å². The highest BCUT2D eigenvalue weighted by Crippen LogP contribution is 2.66. The summed E-state index contributed by atoms with van der Waals surface area (Å²) >= 11 is 0. The quantitative estimate of drug-likeness (QED) is 0.150. The van der Waals surface area contributed by atoms with Gasteiger partial charge in [0, 0.05) is 24.5 Å². The topological polar surface area (TPSA) is 186 Å². The molecule has 7 rings (SSSR count). The van der Waals surface area contributed by atoms with Gasteiger partial charge in [-0.15, -0.1) is 0 Å². The van der Waals surface area contributed by atoms with E-state index in [1.54, 1.807) is 32.4 Å². The van der Waals surface area contributed by atoms with E-state index in [4.69, 9.17) is 34.2 Å². The van der Waals surface area contributed by atoms with E-state index in [1.807, 2.05) is 18.2 Å². The van der Waals surface area contributed by atoms with E-state index >= 15 is 0 Å². The van der Waals surface area contributed by atoms with E-state index in [2.05, 4.69) is 29.8 Å². The number of nitrogens with one attached hydrogen (secondary N) is 3. The summed E-state index contributed by atoms with van der Waals surface area (Å²) in [4.78, 5) is 50.7. The van der Waals surface area contributed by atoms with Gasteiger partial charge in [-0.3, -0.25) is 9.59 Å². The summed E-state index contributed by atoms with van der Waals surface area (Å²) in [5, 5.41) is 8.38. The zero-order chi connectivity index (χ0) is 38.7. The van der Waals surface area contributed by atoms with Gasteiger partial charge in [0.2, 0.25) is 5.91 Å². The normalized spacial score (nSPS) is 28.4. The molecule has 0 spiro atoms. The standard InChI is InChI=1S/C40H54N4O10/c1-38-16-26-17-39(2,21-38)23-40(18-26,22-38)44-37(48)53-20-29(41)34(45)42-10-11-43-36(47)54-31-9-7-25(15-33(31)51-5)13-28-27(19-52-35(28)46)12-24-6-8-30(49-3)32(14-24)50-4/h6-9,14-15,26-29H,10-13,16-23,41H2,1-5H3,(H,42,45)(H,43,47)(H,44,48)/t26?,27-,28+,29-,38?,39?,40?/m0/s1. The number of esters is 1. The molecule has 4 aliphatic carbocycles. The SMILES string of the molecule is COc1ccc(C[C@H]2COC(=O)[C@@H]2Cc2ccc(OC(=O)NCCNC(=O)[C@@H](N)COC(=O)NC34CC5CC(C)(CC(C)(C5)C3)C4)c(OC)c2)cc1OC. The first kappa shape index (κ1) is 39.0. The van der Waals surface area contributed by atoms with Gasteiger partial charge in [-0.2, -0.15) is 0 Å². The summed E-state index contributed by atoms with van der Waals surface area (Å²) in [5.41, 5.74) is 8.03. The summed E-state index contributed by atoms with van der Waals surface area (Å²) < 4.78 is 32.5. The van der Waals surface area contributed by atoms with Crippen LogP contribution in [0, 0.1) is 28.6 Å². The lowest BCUT2D eigenvalue weighted by molar-refractivity contribution is -0.141. The Hall–Kier alpha value is -4.72. The van der Waals surface area contributed by atoms with Crippen LogP contribution in [0.3, 0.4) is 0 Å². The molecule has 5 fully saturated rings. The average Bonchev–Trinajstić information content (AvgIpc) is 3.44. The number of hydrogen-bond acceptors (Lipinski definition) is 11. The second-order valence-corrected chi connectivity index (χ2v) is 16.4. The molecule has 5 aliphatic rings. The molecule has 1 heterocycles. The van der Waals surface area contributed by atoms with Gasteiger partial charge in [0.25, 0.3) is 0 Å². The highest BCUT2D eigenvalue weighted by molar-refractivity contribution is 5.82. The minimum Gasteiger partial charge on any atom is -0.493 e. The molecule has 1 saturated heterocycles. The number of carbonyl (C=O) groups excluding carboxylic acids is 4. The molecule has 5 N–H and O–H groups in total. The van der Waals surface area contributed by atoms with Gasteiger partial charge in [0.15, 0.2) is 23.0 Å². The van der Waals surface area contributed by atoms with Gasteiger partial charge in [0.05, 0.1) is 33.9 Å². The Bertz CT molecular complexity index is 1720. The van der Waals surface area contributed by atoms with Crippen molar-refractivity contribution in [1.29, 1.82) is 0 Å². The molecule has 2 aromatic carbocycles. The van der Waals surface area contributed by atoms with Crippen LogP contribution in [0.5, 0.6) is 23.0 Å². The molecule has 4 bridgehead atoms. The molecule has 294 valence electrons. The van der Waals surface area contributed by atoms with Crippen LogP contribution in [0.2, 0.25) is 0 Å². The van der Waals surface area contributed by atoms with Crippen molar-refractivity contribution in [2.45, 2.75) is 76.8 Å². The zero-order valence-electron chi connectivity index (χ0n) is 31.9. The Morgan fingerprint density at radius 3 is 2.07 bits per heavy atom. The minimum absolute atomic E-state index is 0.0471. The van der Waals surface area contributed by atoms with E-state index in [0.29, 0.717) is 42.6 Å². The Morgan fingerprint density at radius 1 is 0.815 bits per heavy atom. The predicted octanol–water partition coefficient (Wildman–Crippen LogP) is 4.29. The second kappa shape index (κ2) is 15.9. The van der Waals surface area contributed by atoms with Gasteiger partial charge in [-0.05, 0) is 104 Å². The summed E-state index contributed by atoms with van der Waals surface area (Å²) in [5.74, 6) is 1.18. The molecule has 3 amide bonds. The first-order chi connectivity index (χ1) is 25.7. The lowest BCUT2D eigenvalue weighted by Gasteiger charge is -2.65. The number of rotatable bonds is 15. The number of hydrogen-bond donors (Lipinski definition) is 4. The molecule has 2 unspecified atom stereocenters. The van der Waals surface area contributed by atoms with E-state index in [0.717, 1.165) is 30.4 Å². The van der Waals surface area contributed by atoms with Crippen LogP contribution in [-0.4, -0.2) is 83.3 Å². The Balaban J connectivity index is 0.914. The summed E-state index contributed by atoms with van der Waals surface area (Å²) in [6, 6.07) is 9.75. The van der Waals surface area contributed by atoms with Crippen molar-refractivity contribution in [2.75, 3.05) is 47.6 Å². The monoisotopic (exact) mass is 750 g/mol. The number of amides is 3. The van der Waals surface area contributed by atoms with Crippen LogP contribution in [0.4, 0.5) is 9.59 Å². The van der Waals surface area contributed by atoms with Crippen molar-refractivity contribution in [3.63, 3.8) is 0 Å². The third-order valence-corrected chi connectivity index (χ3v) is 11.6. The number of nitrogens with two attached hydrogens (primary N) is 1. The van der Waals surface area contributed by atoms with Crippen LogP contribution in [0.1, 0.15) is 63.5 Å². The molecule has 0 radical (unpaired) electrons. The molecule has 5 atom stereocenters. The van der Waals surface area contributed by atoms with Crippen molar-refractivity contribution >= 4 is 24.1 Å².